The number of nitrogens with zero attached hydrogens (tertiary/aromatic N) is 1. The molecule has 0 spiro atoms. The molecule has 0 aliphatic carbocycles. The number of amides is 1. The van der Waals surface area contributed by atoms with Crippen LogP contribution >= 0.6 is 0 Å². The number of carbonyl (C=O) groups is 2. The molecule has 2 fully saturated rings. The monoisotopic (exact) mass is 272 g/mol. The summed E-state index contributed by atoms with van der Waals surface area (Å²) in [6.45, 7) is 2.19. The van der Waals surface area contributed by atoms with Crippen molar-refractivity contribution in [2.75, 3.05) is 33.4 Å². The second-order valence-electron chi connectivity index (χ2n) is 4.86. The summed E-state index contributed by atoms with van der Waals surface area (Å²) in [5, 5.41) is 11.5. The summed E-state index contributed by atoms with van der Waals surface area (Å²) in [6.07, 6.45) is 0.430. The number of rotatable bonds is 4. The second-order valence-corrected chi connectivity index (χ2v) is 4.86. The summed E-state index contributed by atoms with van der Waals surface area (Å²) >= 11 is 0. The van der Waals surface area contributed by atoms with Gasteiger partial charge in [-0.25, -0.2) is 4.79 Å². The number of morpholine rings is 1. The maximum Gasteiger partial charge on any atom is 0.332 e. The van der Waals surface area contributed by atoms with Crippen LogP contribution in [0.1, 0.15) is 12.8 Å². The molecular formula is C12H20N2O5. The Morgan fingerprint density at radius 2 is 2.21 bits per heavy atom. The predicted molar refractivity (Wildman–Crippen MR) is 65.8 cm³/mol. The van der Waals surface area contributed by atoms with Gasteiger partial charge in [-0.2, -0.15) is 0 Å². The first kappa shape index (κ1) is 14.2. The van der Waals surface area contributed by atoms with Gasteiger partial charge in [-0.15, -0.1) is 0 Å². The summed E-state index contributed by atoms with van der Waals surface area (Å²) in [5.41, 5.74) is 0. The van der Waals surface area contributed by atoms with Crippen LogP contribution in [0.15, 0.2) is 0 Å². The Balaban J connectivity index is 1.90. The van der Waals surface area contributed by atoms with E-state index in [4.69, 9.17) is 14.6 Å². The van der Waals surface area contributed by atoms with Crippen LogP contribution in [-0.4, -0.2) is 73.5 Å². The van der Waals surface area contributed by atoms with Crippen molar-refractivity contribution >= 4 is 11.9 Å². The molecule has 2 rings (SSSR count). The van der Waals surface area contributed by atoms with E-state index in [0.717, 1.165) is 6.42 Å². The molecule has 2 heterocycles. The molecule has 3 unspecified atom stereocenters. The molecule has 108 valence electrons. The Bertz CT molecular complexity index is 349. The van der Waals surface area contributed by atoms with Crippen LogP contribution in [-0.2, 0) is 19.1 Å². The molecule has 2 aliphatic heterocycles. The number of aliphatic carboxylic acids is 1. The van der Waals surface area contributed by atoms with Gasteiger partial charge in [0.2, 0.25) is 5.91 Å². The van der Waals surface area contributed by atoms with Gasteiger partial charge in [0.15, 0.2) is 6.10 Å². The zero-order valence-corrected chi connectivity index (χ0v) is 11.0. The van der Waals surface area contributed by atoms with Crippen LogP contribution in [0.25, 0.3) is 0 Å². The van der Waals surface area contributed by atoms with Crippen molar-refractivity contribution in [1.29, 1.82) is 0 Å². The van der Waals surface area contributed by atoms with Crippen molar-refractivity contribution in [3.63, 3.8) is 0 Å². The fourth-order valence-electron chi connectivity index (χ4n) is 2.55. The number of hydrogen-bond acceptors (Lipinski definition) is 5. The first-order chi connectivity index (χ1) is 9.11. The molecule has 1 amide bonds. The standard InChI is InChI=1S/C12H20N2O5/c1-13-11(15)9-7-18-5-4-14(9)6-8-2-3-10(19-8)12(16)17/h8-10H,2-7H2,1H3,(H,13,15)(H,16,17). The van der Waals surface area contributed by atoms with Gasteiger partial charge in [-0.05, 0) is 12.8 Å². The third-order valence-corrected chi connectivity index (χ3v) is 3.61. The Morgan fingerprint density at radius 3 is 2.84 bits per heavy atom. The van der Waals surface area contributed by atoms with Crippen LogP contribution < -0.4 is 5.32 Å². The fraction of sp³-hybridized carbons (Fsp3) is 0.833. The molecule has 0 radical (unpaired) electrons. The van der Waals surface area contributed by atoms with Gasteiger partial charge in [0.25, 0.3) is 0 Å². The van der Waals surface area contributed by atoms with Gasteiger partial charge < -0.3 is 19.9 Å². The van der Waals surface area contributed by atoms with Gasteiger partial charge in [-0.1, -0.05) is 0 Å². The number of likely N-dealkylation sites (N-methyl/N-ethyl adjacent to an activating group) is 1. The number of nitrogens with one attached hydrogen (secondary N) is 1. The summed E-state index contributed by atoms with van der Waals surface area (Å²) < 4.78 is 10.8. The summed E-state index contributed by atoms with van der Waals surface area (Å²) in [6, 6.07) is -0.314. The number of carbonyl (C=O) groups excluding carboxylic acids is 1. The van der Waals surface area contributed by atoms with Crippen molar-refractivity contribution < 1.29 is 24.2 Å². The highest BCUT2D eigenvalue weighted by molar-refractivity contribution is 5.81. The first-order valence-electron chi connectivity index (χ1n) is 6.53. The molecule has 19 heavy (non-hydrogen) atoms. The number of carboxylic acids is 1. The van der Waals surface area contributed by atoms with E-state index in [1.165, 1.54) is 0 Å². The van der Waals surface area contributed by atoms with Gasteiger partial charge in [0.1, 0.15) is 6.04 Å². The van der Waals surface area contributed by atoms with Crippen molar-refractivity contribution in [3.8, 4) is 0 Å². The van der Waals surface area contributed by atoms with E-state index in [-0.39, 0.29) is 18.1 Å². The predicted octanol–water partition coefficient (Wildman–Crippen LogP) is -0.935. The van der Waals surface area contributed by atoms with E-state index in [0.29, 0.717) is 32.7 Å². The van der Waals surface area contributed by atoms with E-state index in [2.05, 4.69) is 5.32 Å². The van der Waals surface area contributed by atoms with Gasteiger partial charge in [0.05, 0.1) is 19.3 Å². The molecule has 0 aromatic carbocycles. The lowest BCUT2D eigenvalue weighted by molar-refractivity contribution is -0.151. The minimum absolute atomic E-state index is 0.0764. The number of hydrogen-bond donors (Lipinski definition) is 2. The Hall–Kier alpha value is -1.18. The van der Waals surface area contributed by atoms with Crippen molar-refractivity contribution in [2.24, 2.45) is 0 Å². The summed E-state index contributed by atoms with van der Waals surface area (Å²) in [7, 11) is 1.60. The second kappa shape index (κ2) is 6.31. The minimum atomic E-state index is -0.910. The van der Waals surface area contributed by atoms with Crippen LogP contribution in [0.5, 0.6) is 0 Å². The fourth-order valence-corrected chi connectivity index (χ4v) is 2.55. The minimum Gasteiger partial charge on any atom is -0.479 e. The summed E-state index contributed by atoms with van der Waals surface area (Å²) in [5.74, 6) is -0.986. The van der Waals surface area contributed by atoms with Crippen molar-refractivity contribution in [1.82, 2.24) is 10.2 Å². The molecule has 0 aromatic rings. The Labute approximate surface area is 111 Å². The molecule has 3 atom stereocenters. The average Bonchev–Trinajstić information content (AvgIpc) is 2.87. The molecular weight excluding hydrogens is 252 g/mol. The smallest absolute Gasteiger partial charge is 0.332 e. The lowest BCUT2D eigenvalue weighted by Gasteiger charge is -2.35. The Kier molecular flexibility index (Phi) is 4.73. The van der Waals surface area contributed by atoms with E-state index >= 15 is 0 Å². The third kappa shape index (κ3) is 3.43. The van der Waals surface area contributed by atoms with Crippen LogP contribution in [0.4, 0.5) is 0 Å². The third-order valence-electron chi connectivity index (χ3n) is 3.61. The Morgan fingerprint density at radius 1 is 1.42 bits per heavy atom. The van der Waals surface area contributed by atoms with Crippen LogP contribution in [0, 0.1) is 0 Å². The highest BCUT2D eigenvalue weighted by atomic mass is 16.5. The van der Waals surface area contributed by atoms with Crippen LogP contribution in [0.3, 0.4) is 0 Å². The van der Waals surface area contributed by atoms with Gasteiger partial charge in [0, 0.05) is 20.1 Å². The highest BCUT2D eigenvalue weighted by Crippen LogP contribution is 2.22. The van der Waals surface area contributed by atoms with E-state index in [1.54, 1.807) is 7.05 Å². The molecule has 0 aromatic heterocycles. The normalized spacial score (nSPS) is 32.2. The van der Waals surface area contributed by atoms with E-state index in [9.17, 15) is 9.59 Å². The zero-order valence-electron chi connectivity index (χ0n) is 11.0. The van der Waals surface area contributed by atoms with Gasteiger partial charge >= 0.3 is 5.97 Å². The van der Waals surface area contributed by atoms with Gasteiger partial charge in [-0.3, -0.25) is 9.69 Å². The zero-order chi connectivity index (χ0) is 13.8. The molecule has 2 N–H and O–H groups in total. The number of ether oxygens (including phenoxy) is 2. The molecule has 0 saturated carbocycles. The van der Waals surface area contributed by atoms with Crippen molar-refractivity contribution in [2.45, 2.75) is 31.1 Å². The van der Waals surface area contributed by atoms with E-state index < -0.39 is 12.1 Å². The maximum atomic E-state index is 11.8. The van der Waals surface area contributed by atoms with Crippen LogP contribution in [0.2, 0.25) is 0 Å². The first-order valence-corrected chi connectivity index (χ1v) is 6.53. The average molecular weight is 272 g/mol. The van der Waals surface area contributed by atoms with E-state index in [1.807, 2.05) is 4.90 Å². The molecule has 7 heteroatoms. The SMILES string of the molecule is CNC(=O)C1COCCN1CC1CCC(C(=O)O)O1. The quantitative estimate of drug-likeness (QED) is 0.687. The molecule has 2 aliphatic rings. The lowest BCUT2D eigenvalue weighted by atomic mass is 10.1. The largest absolute Gasteiger partial charge is 0.479 e. The number of carboxylic acid groups (broad SMARTS) is 1. The topological polar surface area (TPSA) is 88.1 Å². The van der Waals surface area contributed by atoms with Crippen molar-refractivity contribution in [3.05, 3.63) is 0 Å². The molecule has 2 saturated heterocycles. The molecule has 0 bridgehead atoms. The molecule has 7 nitrogen and oxygen atoms in total. The highest BCUT2D eigenvalue weighted by Gasteiger charge is 2.35. The lowest BCUT2D eigenvalue weighted by Crippen LogP contribution is -2.55. The maximum absolute atomic E-state index is 11.8. The summed E-state index contributed by atoms with van der Waals surface area (Å²) in [4.78, 5) is 24.6.